The van der Waals surface area contributed by atoms with Crippen LogP contribution in [0.5, 0.6) is 0 Å². The van der Waals surface area contributed by atoms with Gasteiger partial charge in [0.1, 0.15) is 10.7 Å². The molecule has 0 heterocycles. The molecule has 6 heteroatoms. The lowest BCUT2D eigenvalue weighted by molar-refractivity contribution is -0.384. The Kier molecular flexibility index (Phi) is 4.31. The first-order chi connectivity index (χ1) is 7.67. The van der Waals surface area contributed by atoms with Crippen molar-refractivity contribution < 1.29 is 4.92 Å². The van der Waals surface area contributed by atoms with Crippen molar-refractivity contribution in [2.45, 2.75) is 11.7 Å². The van der Waals surface area contributed by atoms with E-state index in [1.807, 2.05) is 11.5 Å². The molecule has 5 nitrogen and oxygen atoms in total. The molecular weight excluding hydrogens is 226 g/mol. The topological polar surface area (TPSA) is 90.7 Å². The van der Waals surface area contributed by atoms with Crippen LogP contribution in [-0.4, -0.2) is 10.2 Å². The van der Waals surface area contributed by atoms with Crippen LogP contribution in [0, 0.1) is 32.1 Å². The maximum atomic E-state index is 10.4. The van der Waals surface area contributed by atoms with Crippen molar-refractivity contribution in [2.75, 3.05) is 0 Å². The zero-order chi connectivity index (χ0) is 12.0. The summed E-state index contributed by atoms with van der Waals surface area (Å²) in [6.45, 7) is 0. The van der Waals surface area contributed by atoms with Crippen molar-refractivity contribution in [3.05, 3.63) is 39.9 Å². The number of rotatable bonds is 4. The van der Waals surface area contributed by atoms with Crippen LogP contribution in [0.3, 0.4) is 0 Å². The van der Waals surface area contributed by atoms with Gasteiger partial charge in [-0.25, -0.2) is 0 Å². The Morgan fingerprint density at radius 3 is 2.44 bits per heavy atom. The molecule has 0 fully saturated rings. The third-order valence-electron chi connectivity index (χ3n) is 1.91. The molecule has 0 bridgehead atoms. The van der Waals surface area contributed by atoms with Crippen LogP contribution in [0.4, 0.5) is 5.69 Å². The van der Waals surface area contributed by atoms with Gasteiger partial charge >= 0.3 is 0 Å². The molecule has 0 N–H and O–H groups in total. The number of non-ortho nitro benzene ring substituents is 1. The van der Waals surface area contributed by atoms with Gasteiger partial charge in [0.25, 0.3) is 5.69 Å². The van der Waals surface area contributed by atoms with E-state index >= 15 is 0 Å². The third kappa shape index (κ3) is 3.26. The fourth-order valence-electron chi connectivity index (χ4n) is 1.15. The minimum atomic E-state index is -0.477. The number of benzene rings is 1. The largest absolute Gasteiger partial charge is 0.269 e. The zero-order valence-electron chi connectivity index (χ0n) is 8.16. The SMILES string of the molecule is N#CS[C@@H](C#N)Cc1ccc([N+](=O)[O-])cc1. The van der Waals surface area contributed by atoms with Gasteiger partial charge in [-0.05, 0) is 23.7 Å². The van der Waals surface area contributed by atoms with E-state index in [1.54, 1.807) is 12.1 Å². The Bertz CT molecular complexity index is 458. The van der Waals surface area contributed by atoms with E-state index in [9.17, 15) is 10.1 Å². The highest BCUT2D eigenvalue weighted by molar-refractivity contribution is 8.04. The summed E-state index contributed by atoms with van der Waals surface area (Å²) in [4.78, 5) is 9.92. The molecule has 0 saturated carbocycles. The molecule has 1 atom stereocenters. The minimum absolute atomic E-state index is 0.0187. The van der Waals surface area contributed by atoms with Crippen molar-refractivity contribution in [1.82, 2.24) is 0 Å². The number of hydrogen-bond acceptors (Lipinski definition) is 5. The van der Waals surface area contributed by atoms with E-state index in [-0.39, 0.29) is 5.69 Å². The number of nitro benzene ring substituents is 1. The Balaban J connectivity index is 2.73. The van der Waals surface area contributed by atoms with Gasteiger partial charge in [-0.2, -0.15) is 10.5 Å². The highest BCUT2D eigenvalue weighted by atomic mass is 32.2. The average molecular weight is 233 g/mol. The number of nitriles is 2. The summed E-state index contributed by atoms with van der Waals surface area (Å²) in [5.41, 5.74) is 0.824. The Labute approximate surface area is 96.5 Å². The third-order valence-corrected chi connectivity index (χ3v) is 2.57. The Morgan fingerprint density at radius 2 is 2.00 bits per heavy atom. The van der Waals surface area contributed by atoms with E-state index in [0.29, 0.717) is 6.42 Å². The number of nitro groups is 1. The van der Waals surface area contributed by atoms with Crippen molar-refractivity contribution in [2.24, 2.45) is 0 Å². The van der Waals surface area contributed by atoms with Gasteiger partial charge in [0, 0.05) is 12.1 Å². The highest BCUT2D eigenvalue weighted by Crippen LogP contribution is 2.17. The van der Waals surface area contributed by atoms with Crippen molar-refractivity contribution in [1.29, 1.82) is 10.5 Å². The van der Waals surface area contributed by atoms with E-state index in [2.05, 4.69) is 0 Å². The second-order valence-corrected chi connectivity index (χ2v) is 3.94. The van der Waals surface area contributed by atoms with Crippen molar-refractivity contribution >= 4 is 17.4 Å². The molecule has 16 heavy (non-hydrogen) atoms. The molecule has 0 saturated heterocycles. The van der Waals surface area contributed by atoms with Crippen molar-refractivity contribution in [3.63, 3.8) is 0 Å². The van der Waals surface area contributed by atoms with Crippen LogP contribution < -0.4 is 0 Å². The monoisotopic (exact) mass is 233 g/mol. The first-order valence-corrected chi connectivity index (χ1v) is 5.23. The summed E-state index contributed by atoms with van der Waals surface area (Å²) in [6, 6.07) is 7.97. The molecule has 0 aliphatic rings. The molecule has 1 aromatic carbocycles. The second-order valence-electron chi connectivity index (χ2n) is 2.95. The predicted molar refractivity (Wildman–Crippen MR) is 59.4 cm³/mol. The highest BCUT2D eigenvalue weighted by Gasteiger charge is 2.10. The van der Waals surface area contributed by atoms with Crippen molar-refractivity contribution in [3.8, 4) is 11.5 Å². The lowest BCUT2D eigenvalue weighted by atomic mass is 10.1. The van der Waals surface area contributed by atoms with Crippen LogP contribution in [0.25, 0.3) is 0 Å². The van der Waals surface area contributed by atoms with Gasteiger partial charge in [-0.1, -0.05) is 12.1 Å². The quantitative estimate of drug-likeness (QED) is 0.452. The lowest BCUT2D eigenvalue weighted by Crippen LogP contribution is -2.02. The molecule has 0 amide bonds. The first kappa shape index (κ1) is 12.0. The number of thioether (sulfide) groups is 1. The molecular formula is C10H7N3O2S. The zero-order valence-corrected chi connectivity index (χ0v) is 8.98. The molecule has 80 valence electrons. The molecule has 1 aromatic rings. The van der Waals surface area contributed by atoms with E-state index < -0.39 is 10.2 Å². The fraction of sp³-hybridized carbons (Fsp3) is 0.200. The first-order valence-electron chi connectivity index (χ1n) is 4.35. The standard InChI is InChI=1S/C10H7N3O2S/c11-6-10(16-7-12)5-8-1-3-9(4-2-8)13(14)15/h1-4,10H,5H2/t10-/m1/s1. The lowest BCUT2D eigenvalue weighted by Gasteiger charge is -2.03. The summed E-state index contributed by atoms with van der Waals surface area (Å²) in [5.74, 6) is 0. The number of nitrogens with zero attached hydrogens (tertiary/aromatic N) is 3. The van der Waals surface area contributed by atoms with Crippen LogP contribution in [0.15, 0.2) is 24.3 Å². The van der Waals surface area contributed by atoms with Crippen LogP contribution in [-0.2, 0) is 6.42 Å². The average Bonchev–Trinajstić information content (AvgIpc) is 2.29. The van der Waals surface area contributed by atoms with E-state index in [4.69, 9.17) is 10.5 Å². The van der Waals surface area contributed by atoms with Gasteiger partial charge < -0.3 is 0 Å². The van der Waals surface area contributed by atoms with Gasteiger partial charge in [0.05, 0.1) is 11.0 Å². The smallest absolute Gasteiger partial charge is 0.258 e. The molecule has 0 aromatic heterocycles. The Morgan fingerprint density at radius 1 is 1.38 bits per heavy atom. The van der Waals surface area contributed by atoms with Gasteiger partial charge in [-0.15, -0.1) is 0 Å². The van der Waals surface area contributed by atoms with Crippen LogP contribution in [0.2, 0.25) is 0 Å². The predicted octanol–water partition coefficient (Wildman–Crippen LogP) is 2.24. The van der Waals surface area contributed by atoms with Crippen LogP contribution in [0.1, 0.15) is 5.56 Å². The summed E-state index contributed by atoms with van der Waals surface area (Å²) in [5, 5.41) is 29.0. The molecule has 1 rings (SSSR count). The molecule has 0 radical (unpaired) electrons. The van der Waals surface area contributed by atoms with E-state index in [0.717, 1.165) is 17.3 Å². The van der Waals surface area contributed by atoms with Gasteiger partial charge in [0.2, 0.25) is 0 Å². The van der Waals surface area contributed by atoms with Crippen LogP contribution >= 0.6 is 11.8 Å². The summed E-state index contributed by atoms with van der Waals surface area (Å²) < 4.78 is 0. The molecule has 0 unspecified atom stereocenters. The van der Waals surface area contributed by atoms with Gasteiger partial charge in [0.15, 0.2) is 0 Å². The summed E-state index contributed by atoms with van der Waals surface area (Å²) in [7, 11) is 0. The van der Waals surface area contributed by atoms with Gasteiger partial charge in [-0.3, -0.25) is 10.1 Å². The molecule has 0 spiro atoms. The minimum Gasteiger partial charge on any atom is -0.258 e. The number of hydrogen-bond donors (Lipinski definition) is 0. The molecule has 0 aliphatic carbocycles. The maximum Gasteiger partial charge on any atom is 0.269 e. The molecule has 0 aliphatic heterocycles. The van der Waals surface area contributed by atoms with E-state index in [1.165, 1.54) is 12.1 Å². The Hall–Kier alpha value is -2.05. The second kappa shape index (κ2) is 5.74. The number of thiocyanates is 1. The summed E-state index contributed by atoms with van der Waals surface area (Å²) >= 11 is 0.892. The maximum absolute atomic E-state index is 10.4. The fourth-order valence-corrected chi connectivity index (χ4v) is 1.60. The normalized spacial score (nSPS) is 11.1. The summed E-state index contributed by atoms with van der Waals surface area (Å²) in [6.07, 6.45) is 0.409.